The lowest BCUT2D eigenvalue weighted by atomic mass is 10.2. The molecule has 4 heteroatoms. The topological polar surface area (TPSA) is 35.5 Å². The number of benzene rings is 2. The molecule has 2 aromatic rings. The van der Waals surface area contributed by atoms with Crippen LogP contribution in [-0.2, 0) is 27.3 Å². The van der Waals surface area contributed by atoms with Gasteiger partial charge < -0.3 is 9.47 Å². The molecule has 0 bridgehead atoms. The molecule has 0 aromatic heterocycles. The van der Waals surface area contributed by atoms with Crippen molar-refractivity contribution >= 4 is 17.7 Å². The van der Waals surface area contributed by atoms with Gasteiger partial charge in [0.15, 0.2) is 0 Å². The Kier molecular flexibility index (Phi) is 7.00. The number of rotatable bonds is 8. The third-order valence-corrected chi connectivity index (χ3v) is 4.08. The lowest BCUT2D eigenvalue weighted by Gasteiger charge is -2.05. The van der Waals surface area contributed by atoms with E-state index in [4.69, 9.17) is 4.74 Å². The Bertz CT molecular complexity index is 567. The average molecular weight is 316 g/mol. The summed E-state index contributed by atoms with van der Waals surface area (Å²) in [6.07, 6.45) is 0.321. The molecule has 0 N–H and O–H groups in total. The van der Waals surface area contributed by atoms with Crippen LogP contribution in [0.5, 0.6) is 0 Å². The van der Waals surface area contributed by atoms with Gasteiger partial charge in [0.1, 0.15) is 0 Å². The fourth-order valence-corrected chi connectivity index (χ4v) is 2.69. The quantitative estimate of drug-likeness (QED) is 0.422. The first kappa shape index (κ1) is 16.6. The van der Waals surface area contributed by atoms with Crippen molar-refractivity contribution in [1.29, 1.82) is 0 Å². The van der Waals surface area contributed by atoms with Crippen molar-refractivity contribution in [2.45, 2.75) is 17.9 Å². The van der Waals surface area contributed by atoms with E-state index >= 15 is 0 Å². The molecule has 0 saturated heterocycles. The molecule has 0 unspecified atom stereocenters. The summed E-state index contributed by atoms with van der Waals surface area (Å²) >= 11 is 1.75. The maximum absolute atomic E-state index is 11.2. The van der Waals surface area contributed by atoms with Crippen molar-refractivity contribution < 1.29 is 14.3 Å². The molecule has 0 atom stereocenters. The number of ether oxygens (including phenoxy) is 2. The van der Waals surface area contributed by atoms with Crippen LogP contribution in [0.4, 0.5) is 0 Å². The molecule has 0 spiro atoms. The highest BCUT2D eigenvalue weighted by atomic mass is 32.2. The van der Waals surface area contributed by atoms with Crippen molar-refractivity contribution in [3.05, 3.63) is 65.7 Å². The van der Waals surface area contributed by atoms with Gasteiger partial charge in [-0.2, -0.15) is 0 Å². The van der Waals surface area contributed by atoms with Crippen molar-refractivity contribution in [2.75, 3.05) is 19.5 Å². The minimum atomic E-state index is -0.213. The minimum absolute atomic E-state index is 0.213. The Balaban J connectivity index is 1.65. The van der Waals surface area contributed by atoms with E-state index in [2.05, 4.69) is 16.9 Å². The van der Waals surface area contributed by atoms with Gasteiger partial charge in [0.05, 0.1) is 26.7 Å². The molecular weight excluding hydrogens is 296 g/mol. The Labute approximate surface area is 135 Å². The van der Waals surface area contributed by atoms with Crippen LogP contribution in [-0.4, -0.2) is 25.4 Å². The van der Waals surface area contributed by atoms with E-state index in [1.165, 1.54) is 17.6 Å². The lowest BCUT2D eigenvalue weighted by Crippen LogP contribution is -2.04. The van der Waals surface area contributed by atoms with Gasteiger partial charge in [-0.3, -0.25) is 4.79 Å². The maximum atomic E-state index is 11.2. The summed E-state index contributed by atoms with van der Waals surface area (Å²) in [6.45, 7) is 1.36. The van der Waals surface area contributed by atoms with Crippen molar-refractivity contribution in [2.24, 2.45) is 0 Å². The molecule has 116 valence electrons. The van der Waals surface area contributed by atoms with E-state index in [1.807, 2.05) is 42.5 Å². The third-order valence-electron chi connectivity index (χ3n) is 3.11. The Hall–Kier alpha value is -1.78. The molecule has 0 saturated carbocycles. The van der Waals surface area contributed by atoms with Crippen LogP contribution in [0.25, 0.3) is 0 Å². The Morgan fingerprint density at radius 3 is 2.41 bits per heavy atom. The first-order valence-electron chi connectivity index (χ1n) is 7.18. The average Bonchev–Trinajstić information content (AvgIpc) is 2.57. The highest BCUT2D eigenvalue weighted by molar-refractivity contribution is 7.99. The third kappa shape index (κ3) is 5.92. The molecule has 2 rings (SSSR count). The van der Waals surface area contributed by atoms with Gasteiger partial charge in [-0.15, -0.1) is 11.8 Å². The molecule has 3 nitrogen and oxygen atoms in total. The summed E-state index contributed by atoms with van der Waals surface area (Å²) in [4.78, 5) is 12.4. The molecule has 22 heavy (non-hydrogen) atoms. The SMILES string of the molecule is COC(=O)Cc1ccc(SCCOCc2ccccc2)cc1. The van der Waals surface area contributed by atoms with Gasteiger partial charge in [-0.05, 0) is 23.3 Å². The second-order valence-corrected chi connectivity index (χ2v) is 5.95. The van der Waals surface area contributed by atoms with Crippen LogP contribution >= 0.6 is 11.8 Å². The first-order chi connectivity index (χ1) is 10.8. The Morgan fingerprint density at radius 1 is 1.00 bits per heavy atom. The fraction of sp³-hybridized carbons (Fsp3) is 0.278. The van der Waals surface area contributed by atoms with Crippen LogP contribution in [0, 0.1) is 0 Å². The van der Waals surface area contributed by atoms with Crippen molar-refractivity contribution in [3.8, 4) is 0 Å². The number of thioether (sulfide) groups is 1. The van der Waals surface area contributed by atoms with Crippen LogP contribution in [0.2, 0.25) is 0 Å². The largest absolute Gasteiger partial charge is 0.469 e. The van der Waals surface area contributed by atoms with Crippen LogP contribution in [0.1, 0.15) is 11.1 Å². The molecule has 0 aliphatic rings. The summed E-state index contributed by atoms with van der Waals surface area (Å²) in [5.74, 6) is 0.693. The van der Waals surface area contributed by atoms with Crippen molar-refractivity contribution in [3.63, 3.8) is 0 Å². The van der Waals surface area contributed by atoms with E-state index in [0.29, 0.717) is 19.6 Å². The smallest absolute Gasteiger partial charge is 0.309 e. The highest BCUT2D eigenvalue weighted by Crippen LogP contribution is 2.18. The first-order valence-corrected chi connectivity index (χ1v) is 8.16. The van der Waals surface area contributed by atoms with E-state index < -0.39 is 0 Å². The molecule has 0 fully saturated rings. The van der Waals surface area contributed by atoms with E-state index in [1.54, 1.807) is 11.8 Å². The fourth-order valence-electron chi connectivity index (χ4n) is 1.93. The van der Waals surface area contributed by atoms with Gasteiger partial charge in [-0.25, -0.2) is 0 Å². The second kappa shape index (κ2) is 9.28. The predicted molar refractivity (Wildman–Crippen MR) is 89.0 cm³/mol. The second-order valence-electron chi connectivity index (χ2n) is 4.78. The number of hydrogen-bond acceptors (Lipinski definition) is 4. The molecule has 0 amide bonds. The zero-order valence-electron chi connectivity index (χ0n) is 12.7. The summed E-state index contributed by atoms with van der Waals surface area (Å²) in [5.41, 5.74) is 2.16. The molecule has 2 aromatic carbocycles. The van der Waals surface area contributed by atoms with Gasteiger partial charge in [0, 0.05) is 10.6 Å². The predicted octanol–water partition coefficient (Wildman–Crippen LogP) is 3.71. The van der Waals surface area contributed by atoms with Gasteiger partial charge in [0.2, 0.25) is 0 Å². The number of carbonyl (C=O) groups is 1. The normalized spacial score (nSPS) is 10.4. The Morgan fingerprint density at radius 2 is 1.73 bits per heavy atom. The summed E-state index contributed by atoms with van der Waals surface area (Å²) in [6, 6.07) is 18.1. The number of carbonyl (C=O) groups excluding carboxylic acids is 1. The number of esters is 1. The van der Waals surface area contributed by atoms with E-state index in [-0.39, 0.29) is 5.97 Å². The number of methoxy groups -OCH3 is 1. The van der Waals surface area contributed by atoms with Crippen LogP contribution in [0.15, 0.2) is 59.5 Å². The summed E-state index contributed by atoms with van der Waals surface area (Å²) in [7, 11) is 1.40. The molecular formula is C18H20O3S. The van der Waals surface area contributed by atoms with Crippen molar-refractivity contribution in [1.82, 2.24) is 0 Å². The summed E-state index contributed by atoms with van der Waals surface area (Å²) in [5, 5.41) is 0. The summed E-state index contributed by atoms with van der Waals surface area (Å²) < 4.78 is 10.3. The van der Waals surface area contributed by atoms with E-state index in [9.17, 15) is 4.79 Å². The minimum Gasteiger partial charge on any atom is -0.469 e. The molecule has 0 aliphatic carbocycles. The molecule has 0 heterocycles. The highest BCUT2D eigenvalue weighted by Gasteiger charge is 2.02. The van der Waals surface area contributed by atoms with Crippen LogP contribution < -0.4 is 0 Å². The zero-order chi connectivity index (χ0) is 15.6. The molecule has 0 radical (unpaired) electrons. The zero-order valence-corrected chi connectivity index (χ0v) is 13.5. The monoisotopic (exact) mass is 316 g/mol. The standard InChI is InChI=1S/C18H20O3S/c1-20-18(19)13-15-7-9-17(10-8-15)22-12-11-21-14-16-5-3-2-4-6-16/h2-10H,11-14H2,1H3. The van der Waals surface area contributed by atoms with Crippen LogP contribution in [0.3, 0.4) is 0 Å². The number of hydrogen-bond donors (Lipinski definition) is 0. The maximum Gasteiger partial charge on any atom is 0.309 e. The van der Waals surface area contributed by atoms with Gasteiger partial charge >= 0.3 is 5.97 Å². The van der Waals surface area contributed by atoms with Gasteiger partial charge in [0.25, 0.3) is 0 Å². The van der Waals surface area contributed by atoms with Gasteiger partial charge in [-0.1, -0.05) is 42.5 Å². The molecule has 0 aliphatic heterocycles. The van der Waals surface area contributed by atoms with E-state index in [0.717, 1.165) is 11.3 Å². The lowest BCUT2D eigenvalue weighted by molar-refractivity contribution is -0.139.